The Bertz CT molecular complexity index is 2910. The van der Waals surface area contributed by atoms with Gasteiger partial charge in [0.2, 0.25) is 0 Å². The van der Waals surface area contributed by atoms with Crippen LogP contribution in [0.25, 0.3) is 90.4 Å². The van der Waals surface area contributed by atoms with E-state index in [0.717, 1.165) is 123 Å². The highest BCUT2D eigenvalue weighted by Crippen LogP contribution is 2.50. The first kappa shape index (κ1) is 33.3. The number of H-pyrrole nitrogens is 2. The fourth-order valence-corrected chi connectivity index (χ4v) is 8.04. The molecule has 8 heteroatoms. The molecule has 2 N–H and O–H groups in total. The van der Waals surface area contributed by atoms with Crippen LogP contribution in [-0.4, -0.2) is 48.4 Å². The van der Waals surface area contributed by atoms with Crippen molar-refractivity contribution >= 4 is 45.9 Å². The highest BCUT2D eigenvalue weighted by atomic mass is 16.5. The second kappa shape index (κ2) is 13.2. The van der Waals surface area contributed by atoms with Gasteiger partial charge < -0.3 is 28.9 Å². The zero-order valence-corrected chi connectivity index (χ0v) is 31.2. The van der Waals surface area contributed by atoms with E-state index in [1.54, 1.807) is 28.4 Å². The maximum absolute atomic E-state index is 5.73. The number of rotatable bonds is 7. The molecule has 7 aromatic rings. The summed E-state index contributed by atoms with van der Waals surface area (Å²) in [5, 5.41) is 0. The number of nitrogens with zero attached hydrogens (tertiary/aromatic N) is 2. The first-order chi connectivity index (χ1) is 27.5. The van der Waals surface area contributed by atoms with Gasteiger partial charge in [-0.2, -0.15) is 0 Å². The average Bonchev–Trinajstić information content (AvgIpc) is 4.10. The van der Waals surface area contributed by atoms with Crippen molar-refractivity contribution in [3.63, 3.8) is 0 Å². The molecule has 1 aliphatic carbocycles. The van der Waals surface area contributed by atoms with Crippen molar-refractivity contribution in [3.05, 3.63) is 144 Å². The second-order valence-corrected chi connectivity index (χ2v) is 13.8. The number of hydrogen-bond acceptors (Lipinski definition) is 6. The minimum absolute atomic E-state index is 0.782. The van der Waals surface area contributed by atoms with Gasteiger partial charge in [0, 0.05) is 49.9 Å². The standard InChI is InChI=1S/C48H36N4O4/c1-53-30-11-5-27(6-12-30)44-37-19-20-38(49-37)45(28-7-13-31(54-2)14-8-28)40-23-24-42(51-40)47-34-18-17-33(56-4)25-35(34)36-26-43(52-48(36)47)46(41-22-21-39(44)50-41)29-9-15-32(55-3)16-10-29/h5-26,50-51H,1-4H3. The Hall–Kier alpha value is -7.32. The van der Waals surface area contributed by atoms with Gasteiger partial charge in [0.15, 0.2) is 0 Å². The highest BCUT2D eigenvalue weighted by Gasteiger charge is 2.31. The molecule has 56 heavy (non-hydrogen) atoms. The molecule has 3 aliphatic rings. The molecule has 3 aromatic heterocycles. The monoisotopic (exact) mass is 732 g/mol. The molecule has 2 aliphatic heterocycles. The Labute approximate surface area is 323 Å². The Balaban J connectivity index is 1.37. The number of aromatic amines is 2. The largest absolute Gasteiger partial charge is 0.497 e. The fourth-order valence-electron chi connectivity index (χ4n) is 8.04. The zero-order valence-electron chi connectivity index (χ0n) is 31.2. The van der Waals surface area contributed by atoms with Crippen LogP contribution in [0.15, 0.2) is 115 Å². The third-order valence-electron chi connectivity index (χ3n) is 10.8. The second-order valence-electron chi connectivity index (χ2n) is 13.8. The predicted octanol–water partition coefficient (Wildman–Crippen LogP) is 11.1. The lowest BCUT2D eigenvalue weighted by molar-refractivity contribution is 0.414. The molecule has 0 amide bonds. The number of hydrogen-bond donors (Lipinski definition) is 2. The van der Waals surface area contributed by atoms with Crippen LogP contribution in [0.2, 0.25) is 0 Å². The fraction of sp³-hybridized carbons (Fsp3) is 0.0833. The molecule has 4 aromatic carbocycles. The maximum atomic E-state index is 5.73. The summed E-state index contributed by atoms with van der Waals surface area (Å²) < 4.78 is 22.4. The smallest absolute Gasteiger partial charge is 0.119 e. The van der Waals surface area contributed by atoms with Crippen molar-refractivity contribution in [2.75, 3.05) is 28.4 Å². The highest BCUT2D eigenvalue weighted by molar-refractivity contribution is 6.12. The quantitative estimate of drug-likeness (QED) is 0.169. The summed E-state index contributed by atoms with van der Waals surface area (Å²) in [7, 11) is 6.74. The van der Waals surface area contributed by atoms with Crippen LogP contribution in [0.3, 0.4) is 0 Å². The molecule has 0 atom stereocenters. The summed E-state index contributed by atoms with van der Waals surface area (Å²) in [5.41, 5.74) is 17.3. The van der Waals surface area contributed by atoms with E-state index in [0.29, 0.717) is 0 Å². The van der Waals surface area contributed by atoms with E-state index in [1.165, 1.54) is 0 Å². The summed E-state index contributed by atoms with van der Waals surface area (Å²) >= 11 is 0. The van der Waals surface area contributed by atoms with Gasteiger partial charge >= 0.3 is 0 Å². The van der Waals surface area contributed by atoms with Gasteiger partial charge in [0.05, 0.1) is 51.2 Å². The summed E-state index contributed by atoms with van der Waals surface area (Å²) in [6.45, 7) is 0. The average molecular weight is 733 g/mol. The lowest BCUT2D eigenvalue weighted by atomic mass is 10.0. The molecule has 0 radical (unpaired) electrons. The lowest BCUT2D eigenvalue weighted by Crippen LogP contribution is -1.90. The van der Waals surface area contributed by atoms with Gasteiger partial charge in [-0.05, 0) is 125 Å². The molecule has 0 unspecified atom stereocenters. The molecule has 8 bridgehead atoms. The first-order valence-electron chi connectivity index (χ1n) is 18.4. The summed E-state index contributed by atoms with van der Waals surface area (Å²) in [6, 6.07) is 39.2. The molecule has 0 saturated carbocycles. The topological polar surface area (TPSA) is 94.3 Å². The van der Waals surface area contributed by atoms with Crippen molar-refractivity contribution < 1.29 is 18.9 Å². The van der Waals surface area contributed by atoms with Crippen LogP contribution in [0, 0.1) is 0 Å². The third-order valence-corrected chi connectivity index (χ3v) is 10.8. The third kappa shape index (κ3) is 5.37. The van der Waals surface area contributed by atoms with Gasteiger partial charge in [-0.15, -0.1) is 0 Å². The van der Waals surface area contributed by atoms with Gasteiger partial charge in [0.1, 0.15) is 23.0 Å². The molecule has 0 fully saturated rings. The van der Waals surface area contributed by atoms with Crippen molar-refractivity contribution in [2.45, 2.75) is 0 Å². The van der Waals surface area contributed by atoms with E-state index in [2.05, 4.69) is 101 Å². The molecule has 8 nitrogen and oxygen atoms in total. The SMILES string of the molecule is COc1ccc(-c2c3nc(c(-c4ccc(OC)cc4)c4ccc([nH]4)c4c5nc(c(-c6ccc(OC)cc6)c6ccc2[nH]6)C=C5c2cc(OC)ccc2-4)C=C3)cc1. The molecule has 0 saturated heterocycles. The van der Waals surface area contributed by atoms with E-state index in [-0.39, 0.29) is 0 Å². The van der Waals surface area contributed by atoms with Gasteiger partial charge in [-0.1, -0.05) is 36.4 Å². The number of benzene rings is 4. The van der Waals surface area contributed by atoms with Gasteiger partial charge in [-0.25, -0.2) is 9.97 Å². The van der Waals surface area contributed by atoms with E-state index in [1.807, 2.05) is 42.5 Å². The van der Waals surface area contributed by atoms with Crippen molar-refractivity contribution in [1.29, 1.82) is 0 Å². The van der Waals surface area contributed by atoms with Crippen LogP contribution >= 0.6 is 0 Å². The summed E-state index contributed by atoms with van der Waals surface area (Å²) in [6.07, 6.45) is 6.40. The number of aromatic nitrogens is 4. The van der Waals surface area contributed by atoms with Crippen molar-refractivity contribution in [2.24, 2.45) is 0 Å². The number of ether oxygens (including phenoxy) is 4. The lowest BCUT2D eigenvalue weighted by Gasteiger charge is -2.08. The maximum Gasteiger partial charge on any atom is 0.119 e. The van der Waals surface area contributed by atoms with E-state index >= 15 is 0 Å². The first-order valence-corrected chi connectivity index (χ1v) is 18.4. The minimum atomic E-state index is 0.782. The number of nitrogens with one attached hydrogen (secondary N) is 2. The molecule has 272 valence electrons. The summed E-state index contributed by atoms with van der Waals surface area (Å²) in [5.74, 6) is 3.14. The molecule has 10 rings (SSSR count). The minimum Gasteiger partial charge on any atom is -0.497 e. The van der Waals surface area contributed by atoms with Crippen LogP contribution in [0.5, 0.6) is 23.0 Å². The van der Waals surface area contributed by atoms with Crippen molar-refractivity contribution in [1.82, 2.24) is 19.9 Å². The van der Waals surface area contributed by atoms with E-state index in [4.69, 9.17) is 28.9 Å². The predicted molar refractivity (Wildman–Crippen MR) is 225 cm³/mol. The molecule has 5 heterocycles. The Morgan fingerprint density at radius 3 is 1.25 bits per heavy atom. The number of fused-ring (bicyclic) bond motifs is 11. The van der Waals surface area contributed by atoms with Crippen LogP contribution < -0.4 is 18.9 Å². The van der Waals surface area contributed by atoms with Crippen LogP contribution in [0.1, 0.15) is 28.3 Å². The van der Waals surface area contributed by atoms with E-state index in [9.17, 15) is 0 Å². The van der Waals surface area contributed by atoms with Crippen LogP contribution in [0.4, 0.5) is 0 Å². The Morgan fingerprint density at radius 2 is 0.804 bits per heavy atom. The molecular formula is C48H36N4O4. The number of methoxy groups -OCH3 is 4. The molecular weight excluding hydrogens is 697 g/mol. The van der Waals surface area contributed by atoms with Crippen LogP contribution in [-0.2, 0) is 0 Å². The van der Waals surface area contributed by atoms with Gasteiger partial charge in [-0.3, -0.25) is 0 Å². The molecule has 0 spiro atoms. The Kier molecular flexibility index (Phi) is 7.85. The zero-order chi connectivity index (χ0) is 37.9. The normalized spacial score (nSPS) is 12.3. The van der Waals surface area contributed by atoms with E-state index < -0.39 is 0 Å². The Morgan fingerprint density at radius 1 is 0.393 bits per heavy atom. The van der Waals surface area contributed by atoms with Crippen molar-refractivity contribution in [3.8, 4) is 67.5 Å². The van der Waals surface area contributed by atoms with Gasteiger partial charge in [0.25, 0.3) is 0 Å². The summed E-state index contributed by atoms with van der Waals surface area (Å²) in [4.78, 5) is 18.5.